The summed E-state index contributed by atoms with van der Waals surface area (Å²) in [6.45, 7) is 5.48. The molecule has 2 unspecified atom stereocenters. The standard InChI is InChI=1S/C27H56NO7P/c1-6-8-10-12-13-14-15-16-17-19-22-32-24-26(35-27(29)20-18-11-9-7-2)25-34-36(30,31)33-23-21-28(3,4)5/h26H,6-25H2,1-5H3/p+1. The lowest BCUT2D eigenvalue weighted by Crippen LogP contribution is -2.37. The second-order valence-corrected chi connectivity index (χ2v) is 12.2. The summed E-state index contributed by atoms with van der Waals surface area (Å²) < 4.78 is 34.3. The Morgan fingerprint density at radius 2 is 1.28 bits per heavy atom. The Morgan fingerprint density at radius 3 is 1.83 bits per heavy atom. The maximum atomic E-state index is 12.2. The van der Waals surface area contributed by atoms with Crippen LogP contribution in [-0.4, -0.2) is 75.6 Å². The summed E-state index contributed by atoms with van der Waals surface area (Å²) in [5.41, 5.74) is 0. The van der Waals surface area contributed by atoms with E-state index in [0.717, 1.165) is 38.5 Å². The van der Waals surface area contributed by atoms with Crippen LogP contribution in [0, 0.1) is 0 Å². The molecule has 0 amide bonds. The molecule has 0 aliphatic carbocycles. The predicted molar refractivity (Wildman–Crippen MR) is 146 cm³/mol. The third-order valence-electron chi connectivity index (χ3n) is 5.92. The molecule has 36 heavy (non-hydrogen) atoms. The molecule has 0 fully saturated rings. The smallest absolute Gasteiger partial charge is 0.457 e. The first-order valence-corrected chi connectivity index (χ1v) is 15.8. The molecular weight excluding hydrogens is 481 g/mol. The van der Waals surface area contributed by atoms with Crippen LogP contribution < -0.4 is 0 Å². The number of hydrogen-bond donors (Lipinski definition) is 1. The van der Waals surface area contributed by atoms with Crippen molar-refractivity contribution in [2.75, 3.05) is 54.1 Å². The van der Waals surface area contributed by atoms with Gasteiger partial charge < -0.3 is 18.9 Å². The molecular formula is C27H57NO7P+. The molecule has 0 aromatic heterocycles. The maximum Gasteiger partial charge on any atom is 0.472 e. The monoisotopic (exact) mass is 538 g/mol. The molecule has 0 saturated carbocycles. The third-order valence-corrected chi connectivity index (χ3v) is 6.90. The molecule has 0 aromatic carbocycles. The summed E-state index contributed by atoms with van der Waals surface area (Å²) >= 11 is 0. The zero-order chi connectivity index (χ0) is 27.1. The van der Waals surface area contributed by atoms with E-state index in [1.54, 1.807) is 0 Å². The van der Waals surface area contributed by atoms with Crippen molar-refractivity contribution in [1.29, 1.82) is 0 Å². The first-order valence-electron chi connectivity index (χ1n) is 14.3. The van der Waals surface area contributed by atoms with Gasteiger partial charge in [-0.05, 0) is 12.8 Å². The summed E-state index contributed by atoms with van der Waals surface area (Å²) in [5.74, 6) is -0.332. The van der Waals surface area contributed by atoms with E-state index in [-0.39, 0.29) is 25.8 Å². The zero-order valence-electron chi connectivity index (χ0n) is 24.0. The Morgan fingerprint density at radius 1 is 0.750 bits per heavy atom. The SMILES string of the molecule is CCCCCCCCCCCCOCC(COP(=O)(O)OCC[N+](C)(C)C)OC(=O)CCCCCC. The fourth-order valence-corrected chi connectivity index (χ4v) is 4.35. The molecule has 216 valence electrons. The first kappa shape index (κ1) is 35.5. The van der Waals surface area contributed by atoms with Gasteiger partial charge in [-0.3, -0.25) is 13.8 Å². The van der Waals surface area contributed by atoms with Crippen LogP contribution >= 0.6 is 7.82 Å². The van der Waals surface area contributed by atoms with Crippen molar-refractivity contribution in [3.05, 3.63) is 0 Å². The summed E-state index contributed by atoms with van der Waals surface area (Å²) in [6, 6.07) is 0. The zero-order valence-corrected chi connectivity index (χ0v) is 24.9. The van der Waals surface area contributed by atoms with Crippen LogP contribution in [0.25, 0.3) is 0 Å². The summed E-state index contributed by atoms with van der Waals surface area (Å²) in [7, 11) is 1.67. The number of esters is 1. The van der Waals surface area contributed by atoms with Crippen molar-refractivity contribution in [3.63, 3.8) is 0 Å². The number of unbranched alkanes of at least 4 members (excludes halogenated alkanes) is 12. The van der Waals surface area contributed by atoms with Crippen molar-refractivity contribution in [1.82, 2.24) is 0 Å². The van der Waals surface area contributed by atoms with Gasteiger partial charge in [-0.15, -0.1) is 0 Å². The van der Waals surface area contributed by atoms with Crippen molar-refractivity contribution in [2.24, 2.45) is 0 Å². The molecule has 0 aromatic rings. The largest absolute Gasteiger partial charge is 0.472 e. The molecule has 1 N–H and O–H groups in total. The van der Waals surface area contributed by atoms with Gasteiger partial charge in [-0.1, -0.05) is 90.9 Å². The van der Waals surface area contributed by atoms with E-state index in [4.69, 9.17) is 18.5 Å². The van der Waals surface area contributed by atoms with Gasteiger partial charge in [0.1, 0.15) is 19.3 Å². The highest BCUT2D eigenvalue weighted by Crippen LogP contribution is 2.43. The number of carbonyl (C=O) groups excluding carboxylic acids is 1. The molecule has 0 spiro atoms. The molecule has 0 radical (unpaired) electrons. The highest BCUT2D eigenvalue weighted by atomic mass is 31.2. The molecule has 0 saturated heterocycles. The first-order chi connectivity index (χ1) is 17.1. The van der Waals surface area contributed by atoms with Crippen molar-refractivity contribution in [2.45, 2.75) is 116 Å². The Hall–Kier alpha value is -0.500. The molecule has 0 aliphatic heterocycles. The number of likely N-dealkylation sites (N-methyl/N-ethyl adjacent to an activating group) is 1. The average Bonchev–Trinajstić information content (AvgIpc) is 2.80. The fourth-order valence-electron chi connectivity index (χ4n) is 3.61. The van der Waals surface area contributed by atoms with E-state index < -0.39 is 13.9 Å². The van der Waals surface area contributed by atoms with Gasteiger partial charge in [0.15, 0.2) is 0 Å². The molecule has 2 atom stereocenters. The molecule has 0 heterocycles. The van der Waals surface area contributed by atoms with Gasteiger partial charge in [0.2, 0.25) is 0 Å². The van der Waals surface area contributed by atoms with Gasteiger partial charge in [0.25, 0.3) is 0 Å². The van der Waals surface area contributed by atoms with E-state index in [0.29, 0.717) is 24.1 Å². The lowest BCUT2D eigenvalue weighted by atomic mass is 10.1. The number of phosphoric acid groups is 1. The number of quaternary nitrogens is 1. The summed E-state index contributed by atoms with van der Waals surface area (Å²) in [5, 5.41) is 0. The Labute approximate surface area is 221 Å². The normalized spacial score (nSPS) is 14.5. The highest BCUT2D eigenvalue weighted by molar-refractivity contribution is 7.47. The minimum Gasteiger partial charge on any atom is -0.457 e. The fraction of sp³-hybridized carbons (Fsp3) is 0.963. The highest BCUT2D eigenvalue weighted by Gasteiger charge is 2.26. The molecule has 0 bridgehead atoms. The topological polar surface area (TPSA) is 91.3 Å². The van der Waals surface area contributed by atoms with E-state index in [2.05, 4.69) is 13.8 Å². The molecule has 8 nitrogen and oxygen atoms in total. The van der Waals surface area contributed by atoms with Gasteiger partial charge in [-0.2, -0.15) is 0 Å². The minimum absolute atomic E-state index is 0.0917. The van der Waals surface area contributed by atoms with Gasteiger partial charge >= 0.3 is 13.8 Å². The summed E-state index contributed by atoms with van der Waals surface area (Å²) in [4.78, 5) is 22.2. The minimum atomic E-state index is -4.23. The Kier molecular flexibility index (Phi) is 22.2. The van der Waals surface area contributed by atoms with Crippen LogP contribution in [0.15, 0.2) is 0 Å². The number of ether oxygens (including phenoxy) is 2. The van der Waals surface area contributed by atoms with Crippen LogP contribution in [0.4, 0.5) is 0 Å². The van der Waals surface area contributed by atoms with Crippen LogP contribution in [0.5, 0.6) is 0 Å². The van der Waals surface area contributed by atoms with Crippen LogP contribution in [-0.2, 0) is 27.9 Å². The van der Waals surface area contributed by atoms with Crippen molar-refractivity contribution >= 4 is 13.8 Å². The predicted octanol–water partition coefficient (Wildman–Crippen LogP) is 6.65. The van der Waals surface area contributed by atoms with Gasteiger partial charge in [-0.25, -0.2) is 4.57 Å². The Bertz CT molecular complexity index is 569. The third kappa shape index (κ3) is 25.2. The number of nitrogens with zero attached hydrogens (tertiary/aromatic N) is 1. The second-order valence-electron chi connectivity index (χ2n) is 10.8. The van der Waals surface area contributed by atoms with Crippen molar-refractivity contribution in [3.8, 4) is 0 Å². The van der Waals surface area contributed by atoms with Crippen LogP contribution in [0.3, 0.4) is 0 Å². The number of rotatable bonds is 26. The number of carbonyl (C=O) groups is 1. The molecule has 9 heteroatoms. The second kappa shape index (κ2) is 22.5. The average molecular weight is 539 g/mol. The van der Waals surface area contributed by atoms with Gasteiger partial charge in [0, 0.05) is 13.0 Å². The quantitative estimate of drug-likeness (QED) is 0.0571. The van der Waals surface area contributed by atoms with Gasteiger partial charge in [0.05, 0.1) is 34.4 Å². The van der Waals surface area contributed by atoms with Crippen LogP contribution in [0.2, 0.25) is 0 Å². The van der Waals surface area contributed by atoms with Crippen molar-refractivity contribution < 1.29 is 37.3 Å². The van der Waals surface area contributed by atoms with Crippen LogP contribution in [0.1, 0.15) is 110 Å². The number of phosphoric ester groups is 1. The Balaban J connectivity index is 4.30. The van der Waals surface area contributed by atoms with E-state index in [1.807, 2.05) is 21.1 Å². The van der Waals surface area contributed by atoms with E-state index >= 15 is 0 Å². The summed E-state index contributed by atoms with van der Waals surface area (Å²) in [6.07, 6.45) is 16.0. The molecule has 0 aliphatic rings. The van der Waals surface area contributed by atoms with E-state index in [1.165, 1.54) is 51.4 Å². The molecule has 0 rings (SSSR count). The van der Waals surface area contributed by atoms with E-state index in [9.17, 15) is 14.3 Å². The lowest BCUT2D eigenvalue weighted by Gasteiger charge is -2.24. The lowest BCUT2D eigenvalue weighted by molar-refractivity contribution is -0.870. The number of hydrogen-bond acceptors (Lipinski definition) is 6. The maximum absolute atomic E-state index is 12.2.